The molecular weight excluding hydrogens is 273 g/mol. The van der Waals surface area contributed by atoms with E-state index in [-0.39, 0.29) is 28.3 Å². The van der Waals surface area contributed by atoms with E-state index in [0.29, 0.717) is 0 Å². The average Bonchev–Trinajstić information content (AvgIpc) is 2.60. The van der Waals surface area contributed by atoms with Crippen LogP contribution in [0.2, 0.25) is 5.02 Å². The van der Waals surface area contributed by atoms with Crippen LogP contribution in [-0.4, -0.2) is 14.2 Å². The molecule has 1 aromatic heterocycles. The van der Waals surface area contributed by atoms with E-state index in [1.807, 2.05) is 0 Å². The second-order valence-electron chi connectivity index (χ2n) is 4.43. The number of nitrogens with two attached hydrogens (primary N) is 1. The molecule has 2 rings (SSSR count). The maximum absolute atomic E-state index is 13.9. The first-order chi connectivity index (χ1) is 8.82. The van der Waals surface area contributed by atoms with E-state index in [0.717, 1.165) is 10.6 Å². The molecule has 0 saturated carbocycles. The van der Waals surface area contributed by atoms with Gasteiger partial charge in [0.25, 0.3) is 0 Å². The largest absolute Gasteiger partial charge is 0.493 e. The van der Waals surface area contributed by atoms with Crippen LogP contribution in [0, 0.1) is 5.82 Å². The standard InChI is InChI=1S/C12H13ClFN3O2/c1-6(2)16-5-11(18)17(12(16)19)10-4-9(15)7(13)3-8(10)14/h3-6,18H,15H2,1-2H3. The monoisotopic (exact) mass is 285 g/mol. The highest BCUT2D eigenvalue weighted by molar-refractivity contribution is 6.33. The van der Waals surface area contributed by atoms with Crippen LogP contribution in [0.1, 0.15) is 19.9 Å². The molecule has 0 aliphatic heterocycles. The Bertz CT molecular complexity index is 691. The zero-order valence-electron chi connectivity index (χ0n) is 10.4. The molecule has 2 aromatic rings. The summed E-state index contributed by atoms with van der Waals surface area (Å²) >= 11 is 5.69. The van der Waals surface area contributed by atoms with Crippen molar-refractivity contribution in [3.8, 4) is 11.6 Å². The first-order valence-electron chi connectivity index (χ1n) is 5.60. The number of aromatic nitrogens is 2. The van der Waals surface area contributed by atoms with Gasteiger partial charge in [0.05, 0.1) is 22.6 Å². The smallest absolute Gasteiger partial charge is 0.336 e. The lowest BCUT2D eigenvalue weighted by Crippen LogP contribution is -2.24. The molecule has 0 saturated heterocycles. The molecule has 5 nitrogen and oxygen atoms in total. The second kappa shape index (κ2) is 4.62. The van der Waals surface area contributed by atoms with Gasteiger partial charge in [-0.25, -0.2) is 13.8 Å². The molecule has 0 radical (unpaired) electrons. The first-order valence-corrected chi connectivity index (χ1v) is 5.98. The second-order valence-corrected chi connectivity index (χ2v) is 4.84. The molecule has 7 heteroatoms. The maximum atomic E-state index is 13.9. The fourth-order valence-electron chi connectivity index (χ4n) is 1.77. The van der Waals surface area contributed by atoms with Crippen LogP contribution >= 0.6 is 11.6 Å². The third-order valence-electron chi connectivity index (χ3n) is 2.76. The van der Waals surface area contributed by atoms with Crippen LogP contribution in [0.3, 0.4) is 0 Å². The highest BCUT2D eigenvalue weighted by Gasteiger charge is 2.18. The van der Waals surface area contributed by atoms with Gasteiger partial charge in [-0.15, -0.1) is 0 Å². The van der Waals surface area contributed by atoms with Crippen LogP contribution in [0.4, 0.5) is 10.1 Å². The summed E-state index contributed by atoms with van der Waals surface area (Å²) in [6.07, 6.45) is 1.25. The Morgan fingerprint density at radius 3 is 2.58 bits per heavy atom. The quantitative estimate of drug-likeness (QED) is 0.832. The third kappa shape index (κ3) is 2.19. The van der Waals surface area contributed by atoms with E-state index < -0.39 is 11.5 Å². The number of nitrogens with zero attached hydrogens (tertiary/aromatic N) is 2. The summed E-state index contributed by atoms with van der Waals surface area (Å²) in [5.74, 6) is -1.10. The maximum Gasteiger partial charge on any atom is 0.336 e. The molecule has 0 spiro atoms. The van der Waals surface area contributed by atoms with Gasteiger partial charge in [-0.1, -0.05) is 11.6 Å². The van der Waals surface area contributed by atoms with Gasteiger partial charge in [-0.05, 0) is 26.0 Å². The molecule has 0 fully saturated rings. The minimum atomic E-state index is -0.738. The molecule has 102 valence electrons. The molecule has 0 bridgehead atoms. The lowest BCUT2D eigenvalue weighted by atomic mass is 10.2. The van der Waals surface area contributed by atoms with Crippen LogP contribution < -0.4 is 11.4 Å². The Balaban J connectivity index is 2.73. The molecule has 3 N–H and O–H groups in total. The van der Waals surface area contributed by atoms with Crippen molar-refractivity contribution in [3.05, 3.63) is 39.7 Å². The topological polar surface area (TPSA) is 73.2 Å². The van der Waals surface area contributed by atoms with Gasteiger partial charge in [-0.3, -0.25) is 4.57 Å². The number of rotatable bonds is 2. The first kappa shape index (κ1) is 13.5. The Morgan fingerprint density at radius 1 is 1.42 bits per heavy atom. The van der Waals surface area contributed by atoms with Crippen molar-refractivity contribution in [3.63, 3.8) is 0 Å². The number of hydrogen-bond donors (Lipinski definition) is 2. The molecular formula is C12H13ClFN3O2. The van der Waals surface area contributed by atoms with Crippen molar-refractivity contribution < 1.29 is 9.50 Å². The van der Waals surface area contributed by atoms with Gasteiger partial charge in [0, 0.05) is 6.04 Å². The normalized spacial score (nSPS) is 11.2. The summed E-state index contributed by atoms with van der Waals surface area (Å²) in [7, 11) is 0. The molecule has 0 aliphatic carbocycles. The highest BCUT2D eigenvalue weighted by atomic mass is 35.5. The predicted molar refractivity (Wildman–Crippen MR) is 71.5 cm³/mol. The number of anilines is 1. The fraction of sp³-hybridized carbons (Fsp3) is 0.250. The number of nitrogen functional groups attached to an aromatic ring is 1. The van der Waals surface area contributed by atoms with Crippen LogP contribution in [0.5, 0.6) is 5.88 Å². The lowest BCUT2D eigenvalue weighted by molar-refractivity contribution is 0.437. The van der Waals surface area contributed by atoms with Crippen molar-refractivity contribution in [1.82, 2.24) is 9.13 Å². The summed E-state index contributed by atoms with van der Waals surface area (Å²) < 4.78 is 16.0. The minimum absolute atomic E-state index is 0.0529. The number of halogens is 2. The van der Waals surface area contributed by atoms with Gasteiger partial charge < -0.3 is 10.8 Å². The predicted octanol–water partition coefficient (Wildman–Crippen LogP) is 2.30. The van der Waals surface area contributed by atoms with Gasteiger partial charge >= 0.3 is 5.69 Å². The number of hydrogen-bond acceptors (Lipinski definition) is 3. The van der Waals surface area contributed by atoms with E-state index >= 15 is 0 Å². The summed E-state index contributed by atoms with van der Waals surface area (Å²) in [4.78, 5) is 12.1. The highest BCUT2D eigenvalue weighted by Crippen LogP contribution is 2.27. The summed E-state index contributed by atoms with van der Waals surface area (Å²) in [6, 6.07) is 2.06. The van der Waals surface area contributed by atoms with E-state index in [9.17, 15) is 14.3 Å². The summed E-state index contributed by atoms with van der Waals surface area (Å²) in [5, 5.41) is 9.85. The van der Waals surface area contributed by atoms with E-state index in [1.165, 1.54) is 16.8 Å². The lowest BCUT2D eigenvalue weighted by Gasteiger charge is -2.08. The Morgan fingerprint density at radius 2 is 2.05 bits per heavy atom. The van der Waals surface area contributed by atoms with Gasteiger partial charge in [0.1, 0.15) is 5.82 Å². The van der Waals surface area contributed by atoms with Crippen molar-refractivity contribution in [2.24, 2.45) is 0 Å². The van der Waals surface area contributed by atoms with Crippen LogP contribution in [-0.2, 0) is 0 Å². The molecule has 0 amide bonds. The zero-order chi connectivity index (χ0) is 14.3. The molecule has 1 aromatic carbocycles. The van der Waals surface area contributed by atoms with Crippen LogP contribution in [0.25, 0.3) is 5.69 Å². The summed E-state index contributed by atoms with van der Waals surface area (Å²) in [5.41, 5.74) is 5.03. The van der Waals surface area contributed by atoms with Crippen molar-refractivity contribution in [2.45, 2.75) is 19.9 Å². The van der Waals surface area contributed by atoms with E-state index in [2.05, 4.69) is 0 Å². The number of benzene rings is 1. The number of aromatic hydroxyl groups is 1. The SMILES string of the molecule is CC(C)n1cc(O)n(-c2cc(N)c(Cl)cc2F)c1=O. The Labute approximate surface area is 113 Å². The summed E-state index contributed by atoms with van der Waals surface area (Å²) in [6.45, 7) is 3.55. The molecule has 0 atom stereocenters. The van der Waals surface area contributed by atoms with Crippen LogP contribution in [0.15, 0.2) is 23.1 Å². The molecule has 0 aliphatic rings. The van der Waals surface area contributed by atoms with Crippen molar-refractivity contribution in [2.75, 3.05) is 5.73 Å². The zero-order valence-corrected chi connectivity index (χ0v) is 11.1. The average molecular weight is 286 g/mol. The van der Waals surface area contributed by atoms with Gasteiger partial charge in [0.2, 0.25) is 5.88 Å². The van der Waals surface area contributed by atoms with Crippen molar-refractivity contribution in [1.29, 1.82) is 0 Å². The van der Waals surface area contributed by atoms with Crippen molar-refractivity contribution >= 4 is 17.3 Å². The number of imidazole rings is 1. The minimum Gasteiger partial charge on any atom is -0.493 e. The van der Waals surface area contributed by atoms with E-state index in [1.54, 1.807) is 13.8 Å². The molecule has 0 unspecified atom stereocenters. The Kier molecular flexibility index (Phi) is 3.28. The van der Waals surface area contributed by atoms with Gasteiger partial charge in [-0.2, -0.15) is 0 Å². The molecule has 19 heavy (non-hydrogen) atoms. The Hall–Kier alpha value is -1.95. The third-order valence-corrected chi connectivity index (χ3v) is 3.09. The van der Waals surface area contributed by atoms with Gasteiger partial charge in [0.15, 0.2) is 0 Å². The van der Waals surface area contributed by atoms with E-state index in [4.69, 9.17) is 17.3 Å². The molecule has 1 heterocycles. The fourth-order valence-corrected chi connectivity index (χ4v) is 1.92.